The van der Waals surface area contributed by atoms with Crippen molar-refractivity contribution in [1.82, 2.24) is 19.6 Å². The van der Waals surface area contributed by atoms with Gasteiger partial charge in [0, 0.05) is 0 Å². The Morgan fingerprint density at radius 2 is 2.14 bits per heavy atom. The van der Waals surface area contributed by atoms with Gasteiger partial charge in [0.05, 0.1) is 30.8 Å². The Morgan fingerprint density at radius 1 is 1.45 bits per heavy atom. The number of aliphatic hydroxyl groups excluding tert-OH is 3. The Bertz CT molecular complexity index is 704. The monoisotopic (exact) mass is 313 g/mol. The molecule has 5 N–H and O–H groups in total. The fourth-order valence-electron chi connectivity index (χ4n) is 2.63. The normalized spacial score (nSPS) is 27.6. The zero-order valence-corrected chi connectivity index (χ0v) is 11.7. The SMILES string of the molecule is Cc1nc(N)nn2c([C@@H]3OC(CO)(CO)[C@@H](O)[C@H]3F)cnc12. The van der Waals surface area contributed by atoms with E-state index in [0.717, 1.165) is 0 Å². The van der Waals surface area contributed by atoms with Crippen molar-refractivity contribution < 1.29 is 24.4 Å². The molecule has 1 fully saturated rings. The number of nitrogen functional groups attached to an aromatic ring is 1. The number of rotatable bonds is 3. The minimum absolute atomic E-state index is 0.0196. The molecule has 2 aromatic rings. The van der Waals surface area contributed by atoms with E-state index in [4.69, 9.17) is 10.5 Å². The lowest BCUT2D eigenvalue weighted by molar-refractivity contribution is -0.137. The molecule has 0 unspecified atom stereocenters. The molecule has 0 aromatic carbocycles. The molecule has 0 bridgehead atoms. The first kappa shape index (κ1) is 15.0. The summed E-state index contributed by atoms with van der Waals surface area (Å²) in [5, 5.41) is 32.6. The fourth-order valence-corrected chi connectivity index (χ4v) is 2.63. The summed E-state index contributed by atoms with van der Waals surface area (Å²) < 4.78 is 21.1. The standard InChI is InChI=1S/C12H16FN5O4/c1-5-10-15-2-6(18(10)17-11(14)16-5)8-7(13)9(21)12(3-19,4-20)22-8/h2,7-9,19-21H,3-4H2,1H3,(H2,14,17)/t7-,8-,9-/m0/s1. The second-order valence-corrected chi connectivity index (χ2v) is 5.28. The van der Waals surface area contributed by atoms with E-state index < -0.39 is 37.2 Å². The van der Waals surface area contributed by atoms with Crippen molar-refractivity contribution >= 4 is 11.6 Å². The van der Waals surface area contributed by atoms with Crippen molar-refractivity contribution in [1.29, 1.82) is 0 Å². The summed E-state index contributed by atoms with van der Waals surface area (Å²) in [5.41, 5.74) is 4.90. The van der Waals surface area contributed by atoms with Crippen LogP contribution in [0.25, 0.3) is 5.65 Å². The zero-order chi connectivity index (χ0) is 16.1. The third kappa shape index (κ3) is 1.96. The van der Waals surface area contributed by atoms with Crippen LogP contribution in [0.3, 0.4) is 0 Å². The van der Waals surface area contributed by atoms with Crippen LogP contribution in [0.15, 0.2) is 6.20 Å². The maximum atomic E-state index is 14.4. The second-order valence-electron chi connectivity index (χ2n) is 5.28. The molecule has 1 saturated heterocycles. The van der Waals surface area contributed by atoms with Crippen LogP contribution in [0.2, 0.25) is 0 Å². The third-order valence-corrected chi connectivity index (χ3v) is 3.89. The number of ether oxygens (including phenoxy) is 1. The Hall–Kier alpha value is -1.88. The molecular weight excluding hydrogens is 297 g/mol. The van der Waals surface area contributed by atoms with E-state index in [0.29, 0.717) is 11.3 Å². The number of fused-ring (bicyclic) bond motifs is 1. The van der Waals surface area contributed by atoms with Crippen LogP contribution >= 0.6 is 0 Å². The average Bonchev–Trinajstić information content (AvgIpc) is 3.01. The van der Waals surface area contributed by atoms with Gasteiger partial charge in [-0.2, -0.15) is 0 Å². The number of imidazole rings is 1. The molecule has 120 valence electrons. The van der Waals surface area contributed by atoms with Crippen LogP contribution in [0.1, 0.15) is 17.5 Å². The van der Waals surface area contributed by atoms with Crippen molar-refractivity contribution in [2.75, 3.05) is 18.9 Å². The van der Waals surface area contributed by atoms with Crippen molar-refractivity contribution in [3.63, 3.8) is 0 Å². The van der Waals surface area contributed by atoms with Crippen molar-refractivity contribution in [2.45, 2.75) is 30.9 Å². The Labute approximate surface area is 124 Å². The molecule has 2 aromatic heterocycles. The van der Waals surface area contributed by atoms with E-state index in [-0.39, 0.29) is 11.6 Å². The largest absolute Gasteiger partial charge is 0.393 e. The van der Waals surface area contributed by atoms with Crippen LogP contribution in [-0.4, -0.2) is 66.0 Å². The van der Waals surface area contributed by atoms with E-state index in [1.807, 2.05) is 0 Å². The highest BCUT2D eigenvalue weighted by Crippen LogP contribution is 2.41. The number of hydrogen-bond donors (Lipinski definition) is 4. The molecule has 0 saturated carbocycles. The second kappa shape index (κ2) is 5.09. The number of hydrogen-bond acceptors (Lipinski definition) is 8. The average molecular weight is 313 g/mol. The van der Waals surface area contributed by atoms with Crippen LogP contribution in [-0.2, 0) is 4.74 Å². The Morgan fingerprint density at radius 3 is 2.73 bits per heavy atom. The van der Waals surface area contributed by atoms with Gasteiger partial charge in [-0.3, -0.25) is 0 Å². The first-order chi connectivity index (χ1) is 10.4. The molecule has 3 rings (SSSR count). The lowest BCUT2D eigenvalue weighted by Crippen LogP contribution is -2.48. The van der Waals surface area contributed by atoms with Gasteiger partial charge in [0.15, 0.2) is 11.8 Å². The van der Waals surface area contributed by atoms with E-state index in [1.54, 1.807) is 6.92 Å². The van der Waals surface area contributed by atoms with Gasteiger partial charge >= 0.3 is 0 Å². The van der Waals surface area contributed by atoms with Gasteiger partial charge in [-0.25, -0.2) is 18.9 Å². The molecule has 0 spiro atoms. The number of nitrogens with zero attached hydrogens (tertiary/aromatic N) is 4. The Kier molecular flexibility index (Phi) is 3.48. The predicted octanol–water partition coefficient (Wildman–Crippen LogP) is -1.49. The third-order valence-electron chi connectivity index (χ3n) is 3.89. The lowest BCUT2D eigenvalue weighted by Gasteiger charge is -2.27. The first-order valence-electron chi connectivity index (χ1n) is 6.63. The number of aryl methyl sites for hydroxylation is 1. The minimum atomic E-state index is -1.87. The van der Waals surface area contributed by atoms with E-state index in [2.05, 4.69) is 15.1 Å². The van der Waals surface area contributed by atoms with Gasteiger partial charge in [-0.1, -0.05) is 0 Å². The minimum Gasteiger partial charge on any atom is -0.393 e. The maximum absolute atomic E-state index is 14.4. The molecule has 3 atom stereocenters. The smallest absolute Gasteiger partial charge is 0.238 e. The van der Waals surface area contributed by atoms with Gasteiger partial charge in [-0.05, 0) is 6.92 Å². The van der Waals surface area contributed by atoms with Gasteiger partial charge in [0.1, 0.15) is 17.8 Å². The predicted molar refractivity (Wildman–Crippen MR) is 71.6 cm³/mol. The molecule has 3 heterocycles. The Balaban J connectivity index is 2.09. The maximum Gasteiger partial charge on any atom is 0.238 e. The summed E-state index contributed by atoms with van der Waals surface area (Å²) >= 11 is 0. The highest BCUT2D eigenvalue weighted by molar-refractivity contribution is 5.46. The number of anilines is 1. The lowest BCUT2D eigenvalue weighted by atomic mass is 9.96. The summed E-state index contributed by atoms with van der Waals surface area (Å²) in [6.07, 6.45) is -3.46. The summed E-state index contributed by atoms with van der Waals surface area (Å²) in [6.45, 7) is 0.218. The summed E-state index contributed by atoms with van der Waals surface area (Å²) in [7, 11) is 0. The summed E-state index contributed by atoms with van der Waals surface area (Å²) in [5.74, 6) is -0.0196. The summed E-state index contributed by atoms with van der Waals surface area (Å²) in [6, 6.07) is 0. The van der Waals surface area contributed by atoms with Crippen LogP contribution in [0.4, 0.5) is 10.3 Å². The van der Waals surface area contributed by atoms with E-state index in [1.165, 1.54) is 10.7 Å². The summed E-state index contributed by atoms with van der Waals surface area (Å²) in [4.78, 5) is 8.05. The molecule has 9 nitrogen and oxygen atoms in total. The molecule has 22 heavy (non-hydrogen) atoms. The van der Waals surface area contributed by atoms with Gasteiger partial charge in [0.25, 0.3) is 0 Å². The van der Waals surface area contributed by atoms with E-state index in [9.17, 15) is 19.7 Å². The molecule has 10 heteroatoms. The van der Waals surface area contributed by atoms with Crippen molar-refractivity contribution in [2.24, 2.45) is 0 Å². The van der Waals surface area contributed by atoms with Gasteiger partial charge in [0.2, 0.25) is 5.95 Å². The van der Waals surface area contributed by atoms with Crippen molar-refractivity contribution in [3.05, 3.63) is 17.6 Å². The van der Waals surface area contributed by atoms with Crippen LogP contribution in [0, 0.1) is 6.92 Å². The molecule has 1 aliphatic heterocycles. The molecular formula is C12H16FN5O4. The topological polar surface area (TPSA) is 139 Å². The highest BCUT2D eigenvalue weighted by Gasteiger charge is 2.56. The fraction of sp³-hybridized carbons (Fsp3) is 0.583. The number of halogens is 1. The van der Waals surface area contributed by atoms with Crippen LogP contribution < -0.4 is 5.73 Å². The van der Waals surface area contributed by atoms with Crippen molar-refractivity contribution in [3.8, 4) is 0 Å². The molecule has 0 radical (unpaired) electrons. The quantitative estimate of drug-likeness (QED) is 0.537. The molecule has 0 aliphatic carbocycles. The number of aliphatic hydroxyl groups is 3. The highest BCUT2D eigenvalue weighted by atomic mass is 19.1. The number of aromatic nitrogens is 4. The molecule has 1 aliphatic rings. The van der Waals surface area contributed by atoms with Gasteiger partial charge < -0.3 is 25.8 Å². The van der Waals surface area contributed by atoms with Gasteiger partial charge in [-0.15, -0.1) is 5.10 Å². The number of alkyl halides is 1. The number of nitrogens with two attached hydrogens (primary N) is 1. The molecule has 0 amide bonds. The van der Waals surface area contributed by atoms with E-state index >= 15 is 0 Å². The van der Waals surface area contributed by atoms with Crippen LogP contribution in [0.5, 0.6) is 0 Å². The zero-order valence-electron chi connectivity index (χ0n) is 11.7. The first-order valence-corrected chi connectivity index (χ1v) is 6.63.